The van der Waals surface area contributed by atoms with Gasteiger partial charge in [-0.3, -0.25) is 0 Å². The van der Waals surface area contributed by atoms with Crippen LogP contribution in [0.5, 0.6) is 0 Å². The first-order valence-corrected chi connectivity index (χ1v) is 11.2. The highest BCUT2D eigenvalue weighted by molar-refractivity contribution is 6.83. The molecule has 1 aromatic rings. The van der Waals surface area contributed by atoms with Crippen LogP contribution >= 0.6 is 0 Å². The first-order chi connectivity index (χ1) is 10.3. The van der Waals surface area contributed by atoms with Crippen molar-refractivity contribution in [2.24, 2.45) is 5.92 Å². The number of fused-ring (bicyclic) bond motifs is 1. The van der Waals surface area contributed by atoms with Crippen LogP contribution in [0.2, 0.25) is 19.6 Å². The molecule has 0 spiro atoms. The van der Waals surface area contributed by atoms with Crippen LogP contribution < -0.4 is 0 Å². The van der Waals surface area contributed by atoms with Crippen LogP contribution in [0, 0.1) is 5.92 Å². The van der Waals surface area contributed by atoms with E-state index in [1.165, 1.54) is 0 Å². The van der Waals surface area contributed by atoms with E-state index in [4.69, 9.17) is 4.74 Å². The molecule has 0 heterocycles. The largest absolute Gasteiger partial charge is 0.463 e. The summed E-state index contributed by atoms with van der Waals surface area (Å²) in [7, 11) is -1.78. The summed E-state index contributed by atoms with van der Waals surface area (Å²) in [5, 5.41) is 11.8. The molecule has 0 saturated heterocycles. The number of benzene rings is 1. The van der Waals surface area contributed by atoms with E-state index >= 15 is 0 Å². The van der Waals surface area contributed by atoms with Crippen LogP contribution in [0.1, 0.15) is 24.2 Å². The van der Waals surface area contributed by atoms with E-state index < -0.39 is 14.2 Å². The molecule has 0 radical (unpaired) electrons. The van der Waals surface area contributed by atoms with Crippen molar-refractivity contribution in [3.05, 3.63) is 52.7 Å². The van der Waals surface area contributed by atoms with Gasteiger partial charge in [0.25, 0.3) is 0 Å². The van der Waals surface area contributed by atoms with E-state index in [-0.39, 0.29) is 11.9 Å². The summed E-state index contributed by atoms with van der Waals surface area (Å²) in [6, 6.07) is 7.84. The molecule has 0 fully saturated rings. The summed E-state index contributed by atoms with van der Waals surface area (Å²) in [6.45, 7) is 8.70. The molecule has 0 amide bonds. The number of esters is 1. The zero-order chi connectivity index (χ0) is 16.3. The summed E-state index contributed by atoms with van der Waals surface area (Å²) in [5.41, 5.74) is 1.96. The minimum Gasteiger partial charge on any atom is -0.463 e. The average Bonchev–Trinajstić information content (AvgIpc) is 2.45. The molecule has 0 bridgehead atoms. The van der Waals surface area contributed by atoms with Crippen molar-refractivity contribution >= 4 is 20.1 Å². The van der Waals surface area contributed by atoms with Crippen LogP contribution in [0.25, 0.3) is 6.08 Å². The third-order valence-electron chi connectivity index (χ3n) is 3.92. The van der Waals surface area contributed by atoms with Crippen molar-refractivity contribution in [1.29, 1.82) is 0 Å². The van der Waals surface area contributed by atoms with Gasteiger partial charge in [0.15, 0.2) is 0 Å². The number of rotatable bonds is 4. The number of hydrogen-bond donors (Lipinski definition) is 1. The minimum atomic E-state index is -1.78. The summed E-state index contributed by atoms with van der Waals surface area (Å²) in [5.74, 6) is -0.481. The van der Waals surface area contributed by atoms with Gasteiger partial charge in [0, 0.05) is 12.0 Å². The highest BCUT2D eigenvalue weighted by Crippen LogP contribution is 2.39. The SMILES string of the molecule is CCOC(=O)/C=C(/[C@H]1C=Cc2ccccc2[C@H]1O)[Si](C)(C)C. The van der Waals surface area contributed by atoms with Gasteiger partial charge in [-0.1, -0.05) is 61.3 Å². The van der Waals surface area contributed by atoms with Crippen LogP contribution in [-0.4, -0.2) is 25.8 Å². The quantitative estimate of drug-likeness (QED) is 0.523. The normalized spacial score (nSPS) is 21.4. The molecule has 22 heavy (non-hydrogen) atoms. The number of aliphatic hydroxyl groups is 1. The molecule has 1 aliphatic carbocycles. The summed E-state index contributed by atoms with van der Waals surface area (Å²) >= 11 is 0. The molecular formula is C18H24O3Si. The van der Waals surface area contributed by atoms with Crippen molar-refractivity contribution in [2.45, 2.75) is 32.7 Å². The Morgan fingerprint density at radius 2 is 2.00 bits per heavy atom. The second kappa shape index (κ2) is 6.63. The van der Waals surface area contributed by atoms with Gasteiger partial charge in [-0.15, -0.1) is 0 Å². The maximum absolute atomic E-state index is 11.9. The molecule has 0 aromatic heterocycles. The highest BCUT2D eigenvalue weighted by atomic mass is 28.3. The molecule has 3 nitrogen and oxygen atoms in total. The van der Waals surface area contributed by atoms with Gasteiger partial charge in [0.2, 0.25) is 0 Å². The number of aliphatic hydroxyl groups excluding tert-OH is 1. The van der Waals surface area contributed by atoms with Gasteiger partial charge in [-0.05, 0) is 18.1 Å². The first-order valence-electron chi connectivity index (χ1n) is 7.68. The van der Waals surface area contributed by atoms with Crippen LogP contribution in [0.4, 0.5) is 0 Å². The Balaban J connectivity index is 2.41. The van der Waals surface area contributed by atoms with Gasteiger partial charge < -0.3 is 9.84 Å². The Hall–Kier alpha value is -1.65. The second-order valence-electron chi connectivity index (χ2n) is 6.56. The first kappa shape index (κ1) is 16.7. The lowest BCUT2D eigenvalue weighted by molar-refractivity contribution is -0.137. The zero-order valence-electron chi connectivity index (χ0n) is 13.7. The molecule has 118 valence electrons. The standard InChI is InChI=1S/C18H24O3Si/c1-5-21-17(19)12-16(22(2,3)4)15-11-10-13-8-6-7-9-14(13)18(15)20/h6-12,15,18,20H,5H2,1-4H3/b16-12-/t15-,18-/m1/s1. The van der Waals surface area contributed by atoms with E-state index in [2.05, 4.69) is 19.6 Å². The molecule has 1 aromatic carbocycles. The van der Waals surface area contributed by atoms with Crippen LogP contribution in [-0.2, 0) is 9.53 Å². The van der Waals surface area contributed by atoms with Gasteiger partial charge in [-0.25, -0.2) is 4.79 Å². The molecule has 0 unspecified atom stereocenters. The number of ether oxygens (including phenoxy) is 1. The summed E-state index contributed by atoms with van der Waals surface area (Å²) in [4.78, 5) is 11.9. The molecule has 1 N–H and O–H groups in total. The maximum atomic E-state index is 11.9. The Morgan fingerprint density at radius 3 is 2.64 bits per heavy atom. The monoisotopic (exact) mass is 316 g/mol. The van der Waals surface area contributed by atoms with Gasteiger partial charge in [-0.2, -0.15) is 0 Å². The second-order valence-corrected chi connectivity index (χ2v) is 11.6. The van der Waals surface area contributed by atoms with Crippen molar-refractivity contribution < 1.29 is 14.6 Å². The van der Waals surface area contributed by atoms with Gasteiger partial charge in [0.05, 0.1) is 20.8 Å². The zero-order valence-corrected chi connectivity index (χ0v) is 14.7. The molecule has 2 atom stereocenters. The Kier molecular flexibility index (Phi) is 5.03. The summed E-state index contributed by atoms with van der Waals surface area (Å²) in [6.07, 6.45) is 5.03. The van der Waals surface area contributed by atoms with Crippen molar-refractivity contribution in [3.8, 4) is 0 Å². The lowest BCUT2D eigenvalue weighted by atomic mass is 9.86. The van der Waals surface area contributed by atoms with Crippen LogP contribution in [0.15, 0.2) is 41.6 Å². The fourth-order valence-corrected chi connectivity index (χ4v) is 4.64. The van der Waals surface area contributed by atoms with E-state index in [0.29, 0.717) is 6.61 Å². The lowest BCUT2D eigenvalue weighted by Gasteiger charge is -2.33. The number of carbonyl (C=O) groups excluding carboxylic acids is 1. The predicted molar refractivity (Wildman–Crippen MR) is 92.0 cm³/mol. The van der Waals surface area contributed by atoms with Crippen LogP contribution in [0.3, 0.4) is 0 Å². The lowest BCUT2D eigenvalue weighted by Crippen LogP contribution is -2.33. The van der Waals surface area contributed by atoms with E-state index in [1.54, 1.807) is 13.0 Å². The van der Waals surface area contributed by atoms with E-state index in [9.17, 15) is 9.90 Å². The van der Waals surface area contributed by atoms with Crippen molar-refractivity contribution in [3.63, 3.8) is 0 Å². The molecule has 1 aliphatic rings. The summed E-state index contributed by atoms with van der Waals surface area (Å²) < 4.78 is 5.06. The smallest absolute Gasteiger partial charge is 0.330 e. The molecule has 0 aliphatic heterocycles. The molecule has 4 heteroatoms. The third-order valence-corrected chi connectivity index (χ3v) is 6.13. The maximum Gasteiger partial charge on any atom is 0.330 e. The van der Waals surface area contributed by atoms with Gasteiger partial charge >= 0.3 is 5.97 Å². The molecular weight excluding hydrogens is 292 g/mol. The predicted octanol–water partition coefficient (Wildman–Crippen LogP) is 3.73. The highest BCUT2D eigenvalue weighted by Gasteiger charge is 2.34. The number of hydrogen-bond acceptors (Lipinski definition) is 3. The third kappa shape index (κ3) is 3.57. The Bertz CT molecular complexity index is 611. The van der Waals surface area contributed by atoms with E-state index in [1.807, 2.05) is 36.4 Å². The Morgan fingerprint density at radius 1 is 1.32 bits per heavy atom. The van der Waals surface area contributed by atoms with Crippen molar-refractivity contribution in [2.75, 3.05) is 6.61 Å². The minimum absolute atomic E-state index is 0.161. The molecule has 0 saturated carbocycles. The van der Waals surface area contributed by atoms with E-state index in [0.717, 1.165) is 16.3 Å². The number of carbonyl (C=O) groups is 1. The fourth-order valence-electron chi connectivity index (χ4n) is 2.84. The fraction of sp³-hybridized carbons (Fsp3) is 0.389. The molecule has 2 rings (SSSR count). The van der Waals surface area contributed by atoms with Gasteiger partial charge in [0.1, 0.15) is 0 Å². The van der Waals surface area contributed by atoms with Crippen molar-refractivity contribution in [1.82, 2.24) is 0 Å². The topological polar surface area (TPSA) is 46.5 Å². The average molecular weight is 316 g/mol. The Labute approximate surface area is 133 Å².